The molecule has 4 heteroatoms. The van der Waals surface area contributed by atoms with Crippen LogP contribution in [0.4, 0.5) is 0 Å². The van der Waals surface area contributed by atoms with Crippen molar-refractivity contribution in [2.24, 2.45) is 0 Å². The average molecular weight is 318 g/mol. The van der Waals surface area contributed by atoms with E-state index >= 15 is 0 Å². The van der Waals surface area contributed by atoms with Crippen LogP contribution in [0.3, 0.4) is 0 Å². The first-order valence-corrected chi connectivity index (χ1v) is 8.81. The van der Waals surface area contributed by atoms with Crippen LogP contribution in [0, 0.1) is 13.8 Å². The van der Waals surface area contributed by atoms with E-state index in [1.807, 2.05) is 0 Å². The van der Waals surface area contributed by atoms with Gasteiger partial charge in [0.1, 0.15) is 0 Å². The van der Waals surface area contributed by atoms with Crippen molar-refractivity contribution in [3.8, 4) is 11.3 Å². The summed E-state index contributed by atoms with van der Waals surface area (Å²) < 4.78 is 0. The Hall–Kier alpha value is -1.23. The van der Waals surface area contributed by atoms with Crippen LogP contribution in [0.2, 0.25) is 0 Å². The Morgan fingerprint density at radius 2 is 1.95 bits per heavy atom. The molecule has 22 heavy (non-hydrogen) atoms. The molecular weight excluding hydrogens is 290 g/mol. The minimum Gasteiger partial charge on any atom is -0.316 e. The molecule has 0 aliphatic rings. The highest BCUT2D eigenvalue weighted by Gasteiger charge is 2.05. The summed E-state index contributed by atoms with van der Waals surface area (Å²) in [5.74, 6) is 0. The highest BCUT2D eigenvalue weighted by molar-refractivity contribution is 7.09. The first-order chi connectivity index (χ1) is 10.6. The lowest BCUT2D eigenvalue weighted by atomic mass is 10.1. The lowest BCUT2D eigenvalue weighted by Crippen LogP contribution is -2.23. The predicted octanol–water partition coefficient (Wildman–Crippen LogP) is 3.51. The number of nitrogens with one attached hydrogen (secondary N) is 1. The Labute approximate surface area is 138 Å². The zero-order valence-electron chi connectivity index (χ0n) is 14.1. The zero-order chi connectivity index (χ0) is 15.9. The van der Waals surface area contributed by atoms with Crippen LogP contribution in [0.25, 0.3) is 11.3 Å². The molecule has 1 N–H and O–H groups in total. The fourth-order valence-corrected chi connectivity index (χ4v) is 3.11. The molecule has 1 aromatic heterocycles. The smallest absolute Gasteiger partial charge is 0.0945 e. The number of aryl methyl sites for hydroxylation is 2. The molecule has 1 aromatic carbocycles. The first kappa shape index (κ1) is 17.1. The van der Waals surface area contributed by atoms with E-state index < -0.39 is 0 Å². The van der Waals surface area contributed by atoms with Crippen molar-refractivity contribution >= 4 is 11.3 Å². The molecule has 2 aromatic rings. The minimum absolute atomic E-state index is 1.01. The number of nitrogens with zero attached hydrogens (tertiary/aromatic N) is 2. The van der Waals surface area contributed by atoms with Crippen molar-refractivity contribution in [3.05, 3.63) is 39.7 Å². The molecule has 0 amide bonds. The maximum Gasteiger partial charge on any atom is 0.0945 e. The van der Waals surface area contributed by atoms with E-state index in [1.165, 1.54) is 28.1 Å². The molecule has 0 bridgehead atoms. The summed E-state index contributed by atoms with van der Waals surface area (Å²) in [5, 5.41) is 6.88. The molecule has 0 aliphatic carbocycles. The Morgan fingerprint density at radius 3 is 2.68 bits per heavy atom. The monoisotopic (exact) mass is 317 g/mol. The summed E-state index contributed by atoms with van der Waals surface area (Å²) in [6.45, 7) is 7.53. The van der Waals surface area contributed by atoms with Gasteiger partial charge in [0.25, 0.3) is 0 Å². The van der Waals surface area contributed by atoms with Gasteiger partial charge in [-0.3, -0.25) is 0 Å². The molecule has 120 valence electrons. The van der Waals surface area contributed by atoms with Crippen LogP contribution >= 0.6 is 11.3 Å². The fraction of sp³-hybridized carbons (Fsp3) is 0.500. The van der Waals surface area contributed by atoms with Gasteiger partial charge in [0.05, 0.1) is 10.7 Å². The maximum absolute atomic E-state index is 4.77. The quantitative estimate of drug-likeness (QED) is 0.755. The predicted molar refractivity (Wildman–Crippen MR) is 96.8 cm³/mol. The first-order valence-electron chi connectivity index (χ1n) is 7.94. The lowest BCUT2D eigenvalue weighted by molar-refractivity contribution is 0.395. The summed E-state index contributed by atoms with van der Waals surface area (Å²) in [6.07, 6.45) is 2.20. The van der Waals surface area contributed by atoms with Gasteiger partial charge in [0, 0.05) is 23.9 Å². The zero-order valence-corrected chi connectivity index (χ0v) is 15.0. The highest BCUT2D eigenvalue weighted by atomic mass is 32.1. The van der Waals surface area contributed by atoms with Crippen molar-refractivity contribution in [1.82, 2.24) is 15.2 Å². The van der Waals surface area contributed by atoms with E-state index in [0.29, 0.717) is 0 Å². The van der Waals surface area contributed by atoms with Crippen LogP contribution in [0.5, 0.6) is 0 Å². The number of benzene rings is 1. The van der Waals surface area contributed by atoms with Gasteiger partial charge in [-0.05, 0) is 64.6 Å². The second-order valence-corrected chi connectivity index (χ2v) is 7.03. The number of aromatic nitrogens is 1. The van der Waals surface area contributed by atoms with E-state index in [-0.39, 0.29) is 0 Å². The Morgan fingerprint density at radius 1 is 1.14 bits per heavy atom. The molecule has 0 unspecified atom stereocenters. The van der Waals surface area contributed by atoms with Gasteiger partial charge in [-0.1, -0.05) is 12.1 Å². The normalized spacial score (nSPS) is 11.3. The van der Waals surface area contributed by atoms with Gasteiger partial charge in [0.15, 0.2) is 0 Å². The molecule has 0 aliphatic heterocycles. The van der Waals surface area contributed by atoms with Gasteiger partial charge in [-0.2, -0.15) is 0 Å². The third-order valence-corrected chi connectivity index (χ3v) is 4.74. The van der Waals surface area contributed by atoms with E-state index in [0.717, 1.165) is 31.7 Å². The summed E-state index contributed by atoms with van der Waals surface area (Å²) >= 11 is 1.76. The van der Waals surface area contributed by atoms with Crippen molar-refractivity contribution in [1.29, 1.82) is 0 Å². The molecule has 0 atom stereocenters. The van der Waals surface area contributed by atoms with Gasteiger partial charge in [-0.15, -0.1) is 11.3 Å². The summed E-state index contributed by atoms with van der Waals surface area (Å²) in [6, 6.07) is 6.57. The van der Waals surface area contributed by atoms with Crippen molar-refractivity contribution in [2.75, 3.05) is 33.7 Å². The number of hydrogen-bond acceptors (Lipinski definition) is 4. The molecule has 0 saturated heterocycles. The Bertz CT molecular complexity index is 590. The maximum atomic E-state index is 4.77. The Kier molecular flexibility index (Phi) is 6.55. The minimum atomic E-state index is 1.01. The standard InChI is InChI=1S/C18H27N3S/c1-14-6-7-16(12-15(14)2)17-13-22-18(20-17)8-10-19-9-5-11-21(3)4/h6-7,12-13,19H,5,8-11H2,1-4H3. The van der Waals surface area contributed by atoms with Crippen molar-refractivity contribution in [2.45, 2.75) is 26.7 Å². The molecule has 2 rings (SSSR count). The van der Waals surface area contributed by atoms with Crippen LogP contribution in [0.1, 0.15) is 22.6 Å². The van der Waals surface area contributed by atoms with Crippen LogP contribution in [-0.2, 0) is 6.42 Å². The molecule has 0 saturated carbocycles. The molecule has 0 spiro atoms. The largest absolute Gasteiger partial charge is 0.316 e. The molecule has 0 radical (unpaired) electrons. The highest BCUT2D eigenvalue weighted by Crippen LogP contribution is 2.24. The average Bonchev–Trinajstić information content (AvgIpc) is 2.94. The van der Waals surface area contributed by atoms with E-state index in [2.05, 4.69) is 61.7 Å². The van der Waals surface area contributed by atoms with Gasteiger partial charge < -0.3 is 10.2 Å². The number of rotatable bonds is 8. The fourth-order valence-electron chi connectivity index (χ4n) is 2.30. The van der Waals surface area contributed by atoms with E-state index in [1.54, 1.807) is 11.3 Å². The van der Waals surface area contributed by atoms with Crippen LogP contribution < -0.4 is 5.32 Å². The summed E-state index contributed by atoms with van der Waals surface area (Å²) in [4.78, 5) is 6.99. The number of hydrogen-bond donors (Lipinski definition) is 1. The molecule has 0 fully saturated rings. The summed E-state index contributed by atoms with van der Waals surface area (Å²) in [7, 11) is 4.23. The molecule has 3 nitrogen and oxygen atoms in total. The second-order valence-electron chi connectivity index (χ2n) is 6.08. The molecule has 1 heterocycles. The van der Waals surface area contributed by atoms with Crippen molar-refractivity contribution in [3.63, 3.8) is 0 Å². The van der Waals surface area contributed by atoms with Gasteiger partial charge in [-0.25, -0.2) is 4.98 Å². The number of thiazole rings is 1. The third-order valence-electron chi connectivity index (χ3n) is 3.83. The lowest BCUT2D eigenvalue weighted by Gasteiger charge is -2.09. The van der Waals surface area contributed by atoms with Gasteiger partial charge >= 0.3 is 0 Å². The molecular formula is C18H27N3S. The topological polar surface area (TPSA) is 28.2 Å². The second kappa shape index (κ2) is 8.42. The van der Waals surface area contributed by atoms with E-state index in [4.69, 9.17) is 4.98 Å². The van der Waals surface area contributed by atoms with Crippen molar-refractivity contribution < 1.29 is 0 Å². The van der Waals surface area contributed by atoms with Crippen LogP contribution in [-0.4, -0.2) is 43.6 Å². The SMILES string of the molecule is Cc1ccc(-c2csc(CCNCCCN(C)C)n2)cc1C. The van der Waals surface area contributed by atoms with Crippen LogP contribution in [0.15, 0.2) is 23.6 Å². The van der Waals surface area contributed by atoms with E-state index in [9.17, 15) is 0 Å². The summed E-state index contributed by atoms with van der Waals surface area (Å²) in [5.41, 5.74) is 5.00. The third kappa shape index (κ3) is 5.20. The Balaban J connectivity index is 1.80. The van der Waals surface area contributed by atoms with Gasteiger partial charge in [0.2, 0.25) is 0 Å².